The van der Waals surface area contributed by atoms with E-state index in [0.717, 1.165) is 5.56 Å². The molecule has 0 radical (unpaired) electrons. The van der Waals surface area contributed by atoms with Crippen molar-refractivity contribution in [1.29, 1.82) is 0 Å². The lowest BCUT2D eigenvalue weighted by Gasteiger charge is -2.15. The zero-order valence-electron chi connectivity index (χ0n) is 15.2. The second-order valence-electron chi connectivity index (χ2n) is 6.04. The molecule has 0 aliphatic carbocycles. The molecule has 0 saturated carbocycles. The molecular formula is C20H19NO7. The molecule has 1 N–H and O–H groups in total. The van der Waals surface area contributed by atoms with E-state index in [0.29, 0.717) is 29.1 Å². The molecule has 0 unspecified atom stereocenters. The maximum atomic E-state index is 12.0. The number of carbonyl (C=O) groups is 3. The van der Waals surface area contributed by atoms with Crippen molar-refractivity contribution in [3.63, 3.8) is 0 Å². The number of carbonyl (C=O) groups excluding carboxylic acids is 3. The van der Waals surface area contributed by atoms with E-state index in [9.17, 15) is 14.4 Å². The van der Waals surface area contributed by atoms with Crippen molar-refractivity contribution in [3.8, 4) is 17.2 Å². The van der Waals surface area contributed by atoms with Crippen LogP contribution in [0.15, 0.2) is 42.5 Å². The fraction of sp³-hybridized carbons (Fsp3) is 0.250. The number of rotatable bonds is 8. The number of esters is 1. The number of amides is 1. The Labute approximate surface area is 161 Å². The first-order valence-electron chi connectivity index (χ1n) is 8.58. The molecule has 0 aromatic heterocycles. The fourth-order valence-corrected chi connectivity index (χ4v) is 2.52. The van der Waals surface area contributed by atoms with Gasteiger partial charge in [0.1, 0.15) is 12.0 Å². The van der Waals surface area contributed by atoms with Gasteiger partial charge in [0.15, 0.2) is 24.7 Å². The summed E-state index contributed by atoms with van der Waals surface area (Å²) >= 11 is 0. The number of nitrogens with one attached hydrogen (secondary N) is 1. The molecule has 2 aromatic carbocycles. The molecule has 0 saturated heterocycles. The molecule has 0 spiro atoms. The maximum absolute atomic E-state index is 12.0. The van der Waals surface area contributed by atoms with Gasteiger partial charge in [0.05, 0.1) is 6.04 Å². The zero-order chi connectivity index (χ0) is 19.9. The molecule has 1 aliphatic rings. The van der Waals surface area contributed by atoms with Crippen LogP contribution in [0.4, 0.5) is 0 Å². The molecule has 0 fully saturated rings. The Morgan fingerprint density at radius 1 is 1.11 bits per heavy atom. The van der Waals surface area contributed by atoms with Crippen molar-refractivity contribution < 1.29 is 33.3 Å². The Balaban J connectivity index is 1.40. The van der Waals surface area contributed by atoms with Gasteiger partial charge in [-0.25, -0.2) is 4.79 Å². The van der Waals surface area contributed by atoms with E-state index in [-0.39, 0.29) is 19.4 Å². The summed E-state index contributed by atoms with van der Waals surface area (Å²) in [6.07, 6.45) is 0.710. The van der Waals surface area contributed by atoms with E-state index in [1.165, 1.54) is 0 Å². The van der Waals surface area contributed by atoms with Crippen LogP contribution in [0.5, 0.6) is 17.2 Å². The molecular weight excluding hydrogens is 366 g/mol. The first-order chi connectivity index (χ1) is 13.5. The minimum atomic E-state index is -0.676. The minimum absolute atomic E-state index is 0.179. The molecule has 146 valence electrons. The monoisotopic (exact) mass is 385 g/mol. The normalized spacial score (nSPS) is 12.8. The molecule has 8 nitrogen and oxygen atoms in total. The highest BCUT2D eigenvalue weighted by Crippen LogP contribution is 2.34. The van der Waals surface area contributed by atoms with Crippen LogP contribution in [-0.2, 0) is 14.3 Å². The van der Waals surface area contributed by atoms with E-state index < -0.39 is 18.5 Å². The first kappa shape index (κ1) is 19.2. The highest BCUT2D eigenvalue weighted by atomic mass is 16.7. The van der Waals surface area contributed by atoms with Crippen molar-refractivity contribution in [2.75, 3.05) is 20.0 Å². The van der Waals surface area contributed by atoms with Gasteiger partial charge in [-0.15, -0.1) is 0 Å². The van der Waals surface area contributed by atoms with Crippen LogP contribution in [-0.4, -0.2) is 38.2 Å². The third kappa shape index (κ3) is 5.00. The molecule has 1 aliphatic heterocycles. The van der Waals surface area contributed by atoms with Gasteiger partial charge in [-0.2, -0.15) is 0 Å². The summed E-state index contributed by atoms with van der Waals surface area (Å²) < 4.78 is 20.7. The molecule has 28 heavy (non-hydrogen) atoms. The number of hydrogen-bond acceptors (Lipinski definition) is 7. The van der Waals surface area contributed by atoms with E-state index in [1.807, 2.05) is 13.0 Å². The smallest absolute Gasteiger partial charge is 0.344 e. The Morgan fingerprint density at radius 2 is 1.86 bits per heavy atom. The first-order valence-corrected chi connectivity index (χ1v) is 8.58. The van der Waals surface area contributed by atoms with Gasteiger partial charge in [-0.1, -0.05) is 6.07 Å². The summed E-state index contributed by atoms with van der Waals surface area (Å²) in [6.45, 7) is 1.23. The van der Waals surface area contributed by atoms with E-state index in [2.05, 4.69) is 5.32 Å². The van der Waals surface area contributed by atoms with Crippen LogP contribution in [0.1, 0.15) is 28.9 Å². The second kappa shape index (κ2) is 8.90. The molecule has 1 heterocycles. The minimum Gasteiger partial charge on any atom is -0.482 e. The average Bonchev–Trinajstić information content (AvgIpc) is 3.19. The molecule has 1 amide bonds. The average molecular weight is 385 g/mol. The summed E-state index contributed by atoms with van der Waals surface area (Å²) in [5, 5.41) is 2.74. The summed E-state index contributed by atoms with van der Waals surface area (Å²) in [7, 11) is 0. The number of ether oxygens (including phenoxy) is 4. The third-order valence-corrected chi connectivity index (χ3v) is 4.01. The summed E-state index contributed by atoms with van der Waals surface area (Å²) in [5.74, 6) is 0.600. The van der Waals surface area contributed by atoms with Crippen molar-refractivity contribution in [1.82, 2.24) is 5.32 Å². The Morgan fingerprint density at radius 3 is 2.61 bits per heavy atom. The van der Waals surface area contributed by atoms with Gasteiger partial charge < -0.3 is 24.3 Å². The van der Waals surface area contributed by atoms with E-state index in [1.54, 1.807) is 36.4 Å². The van der Waals surface area contributed by atoms with Crippen LogP contribution < -0.4 is 19.5 Å². The third-order valence-electron chi connectivity index (χ3n) is 4.01. The quantitative estimate of drug-likeness (QED) is 0.548. The predicted octanol–water partition coefficient (Wildman–Crippen LogP) is 2.03. The molecule has 3 rings (SSSR count). The number of hydrogen-bond donors (Lipinski definition) is 1. The van der Waals surface area contributed by atoms with Crippen molar-refractivity contribution >= 4 is 18.2 Å². The van der Waals surface area contributed by atoms with Gasteiger partial charge in [0, 0.05) is 5.56 Å². The van der Waals surface area contributed by atoms with Crippen LogP contribution >= 0.6 is 0 Å². The Bertz CT molecular complexity index is 863. The molecule has 2 aromatic rings. The van der Waals surface area contributed by atoms with E-state index >= 15 is 0 Å². The predicted molar refractivity (Wildman–Crippen MR) is 97.4 cm³/mol. The lowest BCUT2D eigenvalue weighted by atomic mass is 10.1. The fourth-order valence-electron chi connectivity index (χ4n) is 2.52. The number of aldehydes is 1. The van der Waals surface area contributed by atoms with E-state index in [4.69, 9.17) is 18.9 Å². The maximum Gasteiger partial charge on any atom is 0.344 e. The Kier molecular flexibility index (Phi) is 6.11. The van der Waals surface area contributed by atoms with Gasteiger partial charge >= 0.3 is 5.97 Å². The summed E-state index contributed by atoms with van der Waals surface area (Å²) in [6, 6.07) is 11.4. The van der Waals surface area contributed by atoms with Gasteiger partial charge in [-0.05, 0) is 48.9 Å². The molecule has 0 bridgehead atoms. The van der Waals surface area contributed by atoms with Crippen molar-refractivity contribution in [2.24, 2.45) is 0 Å². The lowest BCUT2D eigenvalue weighted by Crippen LogP contribution is -2.31. The van der Waals surface area contributed by atoms with Crippen LogP contribution in [0.2, 0.25) is 0 Å². The lowest BCUT2D eigenvalue weighted by molar-refractivity contribution is -0.150. The number of fused-ring (bicyclic) bond motifs is 1. The van der Waals surface area contributed by atoms with Gasteiger partial charge in [0.2, 0.25) is 6.79 Å². The van der Waals surface area contributed by atoms with Crippen LogP contribution in [0.3, 0.4) is 0 Å². The SMILES string of the molecule is C[C@H](NC(=O)COC(=O)COc1ccc(C=O)cc1)c1ccc2c(c1)OCO2. The Hall–Kier alpha value is -3.55. The topological polar surface area (TPSA) is 100 Å². The van der Waals surface area contributed by atoms with Crippen molar-refractivity contribution in [2.45, 2.75) is 13.0 Å². The largest absolute Gasteiger partial charge is 0.482 e. The summed E-state index contributed by atoms with van der Waals surface area (Å²) in [5.41, 5.74) is 1.34. The van der Waals surface area contributed by atoms with Gasteiger partial charge in [0.25, 0.3) is 5.91 Å². The second-order valence-corrected chi connectivity index (χ2v) is 6.04. The van der Waals surface area contributed by atoms with Crippen LogP contribution in [0.25, 0.3) is 0 Å². The molecule has 8 heteroatoms. The highest BCUT2D eigenvalue weighted by Gasteiger charge is 2.17. The zero-order valence-corrected chi connectivity index (χ0v) is 15.2. The highest BCUT2D eigenvalue weighted by molar-refractivity contribution is 5.81. The standard InChI is InChI=1S/C20H19NO7/c1-13(15-4-7-17-18(8-15)28-12-27-17)21-19(23)10-26-20(24)11-25-16-5-2-14(9-22)3-6-16/h2-9,13H,10-12H2,1H3,(H,21,23)/t13-/m0/s1. The summed E-state index contributed by atoms with van der Waals surface area (Å²) in [4.78, 5) is 34.3. The van der Waals surface area contributed by atoms with Crippen LogP contribution in [0, 0.1) is 0 Å². The molecule has 1 atom stereocenters. The van der Waals surface area contributed by atoms with Crippen molar-refractivity contribution in [3.05, 3.63) is 53.6 Å². The number of benzene rings is 2. The van der Waals surface area contributed by atoms with Gasteiger partial charge in [-0.3, -0.25) is 9.59 Å².